The Morgan fingerprint density at radius 2 is 1.25 bits per heavy atom. The second kappa shape index (κ2) is 1.76. The van der Waals surface area contributed by atoms with Gasteiger partial charge in [0.1, 0.15) is 7.85 Å². The summed E-state index contributed by atoms with van der Waals surface area (Å²) in [5.74, 6) is 0. The molecule has 0 aliphatic heterocycles. The van der Waals surface area contributed by atoms with Crippen molar-refractivity contribution in [1.82, 2.24) is 0 Å². The van der Waals surface area contributed by atoms with Crippen LogP contribution in [0.5, 0.6) is 0 Å². The van der Waals surface area contributed by atoms with E-state index in [2.05, 4.69) is 0 Å². The standard InChI is InChI=1S/C6H15BO/c1-5(2,3)6(4,7)8/h8H,7H2,1-4H3. The highest BCUT2D eigenvalue weighted by atomic mass is 16.3. The number of hydrogen-bond donors (Lipinski definition) is 1. The average Bonchev–Trinajstić information content (AvgIpc) is 1.25. The van der Waals surface area contributed by atoms with Crippen LogP contribution in [-0.4, -0.2) is 18.5 Å². The second-order valence-electron chi connectivity index (χ2n) is 3.81. The molecular weight excluding hydrogens is 98.9 g/mol. The molecule has 0 fully saturated rings. The average molecular weight is 114 g/mol. The topological polar surface area (TPSA) is 20.2 Å². The van der Waals surface area contributed by atoms with Gasteiger partial charge in [0, 0.05) is 5.50 Å². The smallest absolute Gasteiger partial charge is 0.143 e. The lowest BCUT2D eigenvalue weighted by Crippen LogP contribution is -2.39. The van der Waals surface area contributed by atoms with Crippen LogP contribution in [0.25, 0.3) is 0 Å². The summed E-state index contributed by atoms with van der Waals surface area (Å²) in [5, 5.41) is 9.35. The number of aliphatic hydroxyl groups is 1. The van der Waals surface area contributed by atoms with E-state index in [9.17, 15) is 5.11 Å². The van der Waals surface area contributed by atoms with E-state index in [1.165, 1.54) is 0 Å². The summed E-state index contributed by atoms with van der Waals surface area (Å²) in [6.45, 7) is 7.89. The zero-order valence-electron chi connectivity index (χ0n) is 6.45. The highest BCUT2D eigenvalue weighted by Gasteiger charge is 2.29. The van der Waals surface area contributed by atoms with Crippen molar-refractivity contribution in [2.24, 2.45) is 5.41 Å². The molecule has 0 aliphatic rings. The van der Waals surface area contributed by atoms with Gasteiger partial charge in [0.25, 0.3) is 0 Å². The first kappa shape index (κ1) is 8.02. The Hall–Kier alpha value is 0.0249. The van der Waals surface area contributed by atoms with Crippen molar-refractivity contribution in [2.45, 2.75) is 33.2 Å². The molecule has 0 aromatic carbocycles. The number of hydrogen-bond acceptors (Lipinski definition) is 1. The molecule has 0 amide bonds. The van der Waals surface area contributed by atoms with Gasteiger partial charge in [-0.1, -0.05) is 20.8 Å². The largest absolute Gasteiger partial charge is 0.399 e. The van der Waals surface area contributed by atoms with Crippen molar-refractivity contribution in [3.63, 3.8) is 0 Å². The van der Waals surface area contributed by atoms with Gasteiger partial charge < -0.3 is 5.11 Å². The molecule has 2 heteroatoms. The third kappa shape index (κ3) is 1.87. The minimum Gasteiger partial charge on any atom is -0.399 e. The van der Waals surface area contributed by atoms with Crippen molar-refractivity contribution in [3.8, 4) is 0 Å². The summed E-state index contributed by atoms with van der Waals surface area (Å²) >= 11 is 0. The van der Waals surface area contributed by atoms with Crippen LogP contribution in [0.3, 0.4) is 0 Å². The molecular formula is C6H15BO. The molecule has 1 atom stereocenters. The van der Waals surface area contributed by atoms with Crippen molar-refractivity contribution in [3.05, 3.63) is 0 Å². The van der Waals surface area contributed by atoms with Crippen LogP contribution in [0.15, 0.2) is 0 Å². The van der Waals surface area contributed by atoms with E-state index in [4.69, 9.17) is 0 Å². The van der Waals surface area contributed by atoms with Crippen molar-refractivity contribution >= 4 is 7.85 Å². The molecule has 1 unspecified atom stereocenters. The predicted molar refractivity (Wildman–Crippen MR) is 38.6 cm³/mol. The molecule has 1 N–H and O–H groups in total. The fourth-order valence-electron chi connectivity index (χ4n) is 0. The van der Waals surface area contributed by atoms with E-state index in [0.717, 1.165) is 0 Å². The van der Waals surface area contributed by atoms with Crippen LogP contribution in [0.4, 0.5) is 0 Å². The lowest BCUT2D eigenvalue weighted by Gasteiger charge is -2.33. The van der Waals surface area contributed by atoms with Crippen LogP contribution in [0.1, 0.15) is 27.7 Å². The van der Waals surface area contributed by atoms with Crippen LogP contribution >= 0.6 is 0 Å². The Labute approximate surface area is 52.5 Å². The summed E-state index contributed by atoms with van der Waals surface area (Å²) < 4.78 is 0. The monoisotopic (exact) mass is 114 g/mol. The summed E-state index contributed by atoms with van der Waals surface area (Å²) in [4.78, 5) is 0. The lowest BCUT2D eigenvalue weighted by molar-refractivity contribution is 0.0366. The molecule has 0 saturated carbocycles. The first-order valence-corrected chi connectivity index (χ1v) is 2.97. The Morgan fingerprint density at radius 3 is 1.25 bits per heavy atom. The minimum absolute atomic E-state index is 0.00694. The normalized spacial score (nSPS) is 20.1. The molecule has 0 spiro atoms. The van der Waals surface area contributed by atoms with Crippen molar-refractivity contribution in [1.29, 1.82) is 0 Å². The van der Waals surface area contributed by atoms with Gasteiger partial charge in [-0.2, -0.15) is 0 Å². The molecule has 0 bridgehead atoms. The summed E-state index contributed by atoms with van der Waals surface area (Å²) in [6, 6.07) is 0. The SMILES string of the molecule is BC(C)(O)C(C)(C)C. The third-order valence-electron chi connectivity index (χ3n) is 1.84. The third-order valence-corrected chi connectivity index (χ3v) is 1.84. The molecule has 8 heavy (non-hydrogen) atoms. The molecule has 0 radical (unpaired) electrons. The number of rotatable bonds is 0. The van der Waals surface area contributed by atoms with Gasteiger partial charge in [-0.05, 0) is 12.3 Å². The first-order valence-electron chi connectivity index (χ1n) is 2.97. The van der Waals surface area contributed by atoms with E-state index in [0.29, 0.717) is 0 Å². The fourth-order valence-corrected chi connectivity index (χ4v) is 0. The van der Waals surface area contributed by atoms with Gasteiger partial charge in [-0.15, -0.1) is 0 Å². The summed E-state index contributed by atoms with van der Waals surface area (Å²) in [5.41, 5.74) is -0.569. The maximum Gasteiger partial charge on any atom is 0.143 e. The Bertz CT molecular complexity index is 63.5. The van der Waals surface area contributed by atoms with Gasteiger partial charge in [0.05, 0.1) is 0 Å². The molecule has 0 aromatic heterocycles. The van der Waals surface area contributed by atoms with Gasteiger partial charge in [-0.3, -0.25) is 0 Å². The molecule has 0 heterocycles. The predicted octanol–water partition coefficient (Wildman–Crippen LogP) is 0.374. The minimum atomic E-state index is -0.562. The molecule has 0 aliphatic carbocycles. The Balaban J connectivity index is 4.02. The maximum atomic E-state index is 9.35. The van der Waals surface area contributed by atoms with Crippen LogP contribution in [-0.2, 0) is 0 Å². The van der Waals surface area contributed by atoms with Crippen LogP contribution in [0.2, 0.25) is 0 Å². The molecule has 0 aromatic rings. The van der Waals surface area contributed by atoms with Crippen LogP contribution < -0.4 is 0 Å². The zero-order valence-corrected chi connectivity index (χ0v) is 6.45. The second-order valence-corrected chi connectivity index (χ2v) is 3.81. The highest BCUT2D eigenvalue weighted by molar-refractivity contribution is 6.14. The van der Waals surface area contributed by atoms with Gasteiger partial charge >= 0.3 is 0 Å². The summed E-state index contributed by atoms with van der Waals surface area (Å²) in [6.07, 6.45) is 0. The van der Waals surface area contributed by atoms with E-state index in [1.54, 1.807) is 0 Å². The van der Waals surface area contributed by atoms with E-state index in [-0.39, 0.29) is 5.41 Å². The molecule has 0 rings (SSSR count). The zero-order chi connectivity index (χ0) is 7.00. The van der Waals surface area contributed by atoms with Crippen LogP contribution in [0, 0.1) is 5.41 Å². The van der Waals surface area contributed by atoms with Gasteiger partial charge in [0.15, 0.2) is 0 Å². The van der Waals surface area contributed by atoms with Gasteiger partial charge in [0.2, 0.25) is 0 Å². The molecule has 1 nitrogen and oxygen atoms in total. The van der Waals surface area contributed by atoms with E-state index >= 15 is 0 Å². The highest BCUT2D eigenvalue weighted by Crippen LogP contribution is 2.25. The Morgan fingerprint density at radius 1 is 1.12 bits per heavy atom. The van der Waals surface area contributed by atoms with E-state index in [1.807, 2.05) is 35.5 Å². The Kier molecular flexibility index (Phi) is 1.77. The lowest BCUT2D eigenvalue weighted by atomic mass is 9.65. The summed E-state index contributed by atoms with van der Waals surface area (Å²) in [7, 11) is 1.83. The molecule has 48 valence electrons. The molecule has 0 saturated heterocycles. The van der Waals surface area contributed by atoms with Crippen molar-refractivity contribution < 1.29 is 5.11 Å². The quantitative estimate of drug-likeness (QED) is 0.451. The van der Waals surface area contributed by atoms with E-state index < -0.39 is 5.50 Å². The van der Waals surface area contributed by atoms with Gasteiger partial charge in [-0.25, -0.2) is 0 Å². The fraction of sp³-hybridized carbons (Fsp3) is 1.00. The first-order chi connectivity index (χ1) is 3.25. The maximum absolute atomic E-state index is 9.35. The van der Waals surface area contributed by atoms with Crippen molar-refractivity contribution in [2.75, 3.05) is 0 Å².